The van der Waals surface area contributed by atoms with E-state index in [4.69, 9.17) is 0 Å². The van der Waals surface area contributed by atoms with E-state index >= 15 is 0 Å². The number of carbonyl (C=O) groups excluding carboxylic acids is 1. The molecule has 3 rings (SSSR count). The number of benzene rings is 1. The molecule has 1 aliphatic heterocycles. The molecule has 134 valence electrons. The molecule has 1 aromatic heterocycles. The summed E-state index contributed by atoms with van der Waals surface area (Å²) in [5.74, 6) is -2.09. The Morgan fingerprint density at radius 1 is 1.08 bits per heavy atom. The minimum atomic E-state index is -4.06. The van der Waals surface area contributed by atoms with Gasteiger partial charge in [-0.1, -0.05) is 0 Å². The van der Waals surface area contributed by atoms with Gasteiger partial charge in [0.2, 0.25) is 10.0 Å². The molecule has 5 nitrogen and oxygen atoms in total. The van der Waals surface area contributed by atoms with E-state index in [0.717, 1.165) is 21.3 Å². The van der Waals surface area contributed by atoms with Gasteiger partial charge in [0.25, 0.3) is 5.91 Å². The fourth-order valence-corrected chi connectivity index (χ4v) is 4.96. The second-order valence-electron chi connectivity index (χ2n) is 5.68. The van der Waals surface area contributed by atoms with Crippen molar-refractivity contribution in [1.82, 2.24) is 9.21 Å². The van der Waals surface area contributed by atoms with Crippen molar-refractivity contribution in [2.45, 2.75) is 11.8 Å². The van der Waals surface area contributed by atoms with Crippen molar-refractivity contribution in [3.63, 3.8) is 0 Å². The van der Waals surface area contributed by atoms with Crippen LogP contribution in [0.25, 0.3) is 0 Å². The van der Waals surface area contributed by atoms with E-state index in [9.17, 15) is 22.0 Å². The molecule has 25 heavy (non-hydrogen) atoms. The van der Waals surface area contributed by atoms with Gasteiger partial charge in [-0.15, -0.1) is 11.3 Å². The number of hydrogen-bond donors (Lipinski definition) is 0. The molecule has 1 fully saturated rings. The van der Waals surface area contributed by atoms with E-state index in [2.05, 4.69) is 0 Å². The molecule has 0 aliphatic carbocycles. The van der Waals surface area contributed by atoms with Gasteiger partial charge in [0.05, 0.1) is 4.88 Å². The van der Waals surface area contributed by atoms with Gasteiger partial charge in [-0.25, -0.2) is 17.2 Å². The van der Waals surface area contributed by atoms with Crippen LogP contribution >= 0.6 is 11.3 Å². The molecule has 1 saturated heterocycles. The third-order valence-corrected chi connectivity index (χ3v) is 6.91. The number of thiophene rings is 1. The van der Waals surface area contributed by atoms with Gasteiger partial charge in [0.1, 0.15) is 16.5 Å². The van der Waals surface area contributed by atoms with Crippen molar-refractivity contribution in [3.8, 4) is 0 Å². The molecule has 1 amide bonds. The zero-order valence-corrected chi connectivity index (χ0v) is 15.0. The highest BCUT2D eigenvalue weighted by Crippen LogP contribution is 2.23. The lowest BCUT2D eigenvalue weighted by atomic mass is 10.3. The molecule has 0 bridgehead atoms. The van der Waals surface area contributed by atoms with E-state index in [1.807, 2.05) is 13.0 Å². The quantitative estimate of drug-likeness (QED) is 0.814. The lowest BCUT2D eigenvalue weighted by molar-refractivity contribution is 0.0702. The molecule has 9 heteroatoms. The molecule has 0 saturated carbocycles. The van der Waals surface area contributed by atoms with Crippen molar-refractivity contribution < 1.29 is 22.0 Å². The summed E-state index contributed by atoms with van der Waals surface area (Å²) in [6.07, 6.45) is 0. The van der Waals surface area contributed by atoms with Crippen LogP contribution in [0.3, 0.4) is 0 Å². The summed E-state index contributed by atoms with van der Waals surface area (Å²) in [4.78, 5) is 15.1. The lowest BCUT2D eigenvalue weighted by Gasteiger charge is -2.33. The van der Waals surface area contributed by atoms with E-state index in [1.54, 1.807) is 11.0 Å². The topological polar surface area (TPSA) is 57.7 Å². The Morgan fingerprint density at radius 2 is 1.76 bits per heavy atom. The number of halogens is 2. The normalized spacial score (nSPS) is 16.2. The maximum Gasteiger partial charge on any atom is 0.264 e. The molecule has 1 aliphatic rings. The Bertz CT molecular complexity index is 904. The van der Waals surface area contributed by atoms with E-state index < -0.39 is 26.6 Å². The van der Waals surface area contributed by atoms with Crippen LogP contribution < -0.4 is 0 Å². The van der Waals surface area contributed by atoms with Crippen LogP contribution in [-0.4, -0.2) is 49.7 Å². The Hall–Kier alpha value is -1.84. The second kappa shape index (κ2) is 6.81. The average Bonchev–Trinajstić information content (AvgIpc) is 3.00. The van der Waals surface area contributed by atoms with Gasteiger partial charge in [-0.2, -0.15) is 4.31 Å². The van der Waals surface area contributed by atoms with Gasteiger partial charge in [-0.3, -0.25) is 4.79 Å². The lowest BCUT2D eigenvalue weighted by Crippen LogP contribution is -2.50. The molecule has 0 spiro atoms. The molecule has 1 aromatic carbocycles. The first-order chi connectivity index (χ1) is 11.8. The number of nitrogens with zero attached hydrogens (tertiary/aromatic N) is 2. The smallest absolute Gasteiger partial charge is 0.264 e. The minimum Gasteiger partial charge on any atom is -0.335 e. The van der Waals surface area contributed by atoms with E-state index in [1.165, 1.54) is 11.3 Å². The van der Waals surface area contributed by atoms with Crippen LogP contribution in [0.5, 0.6) is 0 Å². The number of hydrogen-bond acceptors (Lipinski definition) is 4. The predicted octanol–water partition coefficient (Wildman–Crippen LogP) is 2.48. The third kappa shape index (κ3) is 3.58. The van der Waals surface area contributed by atoms with Gasteiger partial charge >= 0.3 is 0 Å². The SMILES string of the molecule is Cc1ccc(C(=O)N2CCN(S(=O)(=O)c3ccc(F)cc3F)CC2)s1. The fraction of sp³-hybridized carbons (Fsp3) is 0.312. The summed E-state index contributed by atoms with van der Waals surface area (Å²) in [5, 5.41) is 0. The summed E-state index contributed by atoms with van der Waals surface area (Å²) in [6, 6.07) is 5.99. The monoisotopic (exact) mass is 386 g/mol. The maximum atomic E-state index is 13.8. The number of sulfonamides is 1. The first-order valence-electron chi connectivity index (χ1n) is 7.60. The van der Waals surface area contributed by atoms with Crippen LogP contribution in [-0.2, 0) is 10.0 Å². The van der Waals surface area contributed by atoms with Crippen molar-refractivity contribution in [2.24, 2.45) is 0 Å². The Labute approximate surface area is 148 Å². The first-order valence-corrected chi connectivity index (χ1v) is 9.85. The average molecular weight is 386 g/mol. The zero-order valence-electron chi connectivity index (χ0n) is 13.4. The highest BCUT2D eigenvalue weighted by molar-refractivity contribution is 7.89. The summed E-state index contributed by atoms with van der Waals surface area (Å²) in [6.45, 7) is 2.48. The Balaban J connectivity index is 1.72. The van der Waals surface area contributed by atoms with Gasteiger partial charge < -0.3 is 4.90 Å². The fourth-order valence-electron chi connectivity index (χ4n) is 2.66. The molecule has 0 atom stereocenters. The largest absolute Gasteiger partial charge is 0.335 e. The van der Waals surface area contributed by atoms with Crippen LogP contribution in [0.15, 0.2) is 35.2 Å². The van der Waals surface area contributed by atoms with E-state index in [0.29, 0.717) is 10.9 Å². The van der Waals surface area contributed by atoms with Crippen molar-refractivity contribution in [3.05, 3.63) is 51.7 Å². The number of amides is 1. The second-order valence-corrected chi connectivity index (χ2v) is 8.88. The van der Waals surface area contributed by atoms with Crippen LogP contribution in [0, 0.1) is 18.6 Å². The van der Waals surface area contributed by atoms with Crippen molar-refractivity contribution in [2.75, 3.05) is 26.2 Å². The number of aryl methyl sites for hydroxylation is 1. The standard InChI is InChI=1S/C16H16F2N2O3S2/c1-11-2-4-14(24-11)16(21)19-6-8-20(9-7-19)25(22,23)15-5-3-12(17)10-13(15)18/h2-5,10H,6-9H2,1H3. The first kappa shape index (κ1) is 18.0. The summed E-state index contributed by atoms with van der Waals surface area (Å²) < 4.78 is 53.0. The van der Waals surface area contributed by atoms with Crippen molar-refractivity contribution in [1.29, 1.82) is 0 Å². The summed E-state index contributed by atoms with van der Waals surface area (Å²) in [5.41, 5.74) is 0. The van der Waals surface area contributed by atoms with Gasteiger partial charge in [-0.05, 0) is 31.2 Å². The molecular weight excluding hydrogens is 370 g/mol. The van der Waals surface area contributed by atoms with E-state index in [-0.39, 0.29) is 32.1 Å². The maximum absolute atomic E-state index is 13.8. The molecule has 0 N–H and O–H groups in total. The Morgan fingerprint density at radius 3 is 2.32 bits per heavy atom. The highest BCUT2D eigenvalue weighted by atomic mass is 32.2. The predicted molar refractivity (Wildman–Crippen MR) is 90.1 cm³/mol. The number of carbonyl (C=O) groups is 1. The summed E-state index contributed by atoms with van der Waals surface area (Å²) in [7, 11) is -4.06. The minimum absolute atomic E-state index is 0.0647. The molecule has 0 radical (unpaired) electrons. The van der Waals surface area contributed by atoms with Crippen molar-refractivity contribution >= 4 is 27.3 Å². The van der Waals surface area contributed by atoms with Crippen LogP contribution in [0.4, 0.5) is 8.78 Å². The third-order valence-electron chi connectivity index (χ3n) is 3.99. The van der Waals surface area contributed by atoms with Crippen LogP contribution in [0.2, 0.25) is 0 Å². The highest BCUT2D eigenvalue weighted by Gasteiger charge is 2.32. The number of rotatable bonds is 3. The Kier molecular flexibility index (Phi) is 4.90. The molecule has 2 heterocycles. The molecule has 0 unspecified atom stereocenters. The number of piperazine rings is 1. The van der Waals surface area contributed by atoms with Gasteiger partial charge in [0, 0.05) is 37.1 Å². The zero-order chi connectivity index (χ0) is 18.2. The molecular formula is C16H16F2N2O3S2. The van der Waals surface area contributed by atoms with Gasteiger partial charge in [0.15, 0.2) is 0 Å². The molecule has 2 aromatic rings. The summed E-state index contributed by atoms with van der Waals surface area (Å²) >= 11 is 1.39. The van der Waals surface area contributed by atoms with Crippen LogP contribution in [0.1, 0.15) is 14.5 Å².